The second-order valence-electron chi connectivity index (χ2n) is 6.34. The highest BCUT2D eigenvalue weighted by atomic mass is 35.5. The van der Waals surface area contributed by atoms with Crippen molar-refractivity contribution >= 4 is 24.8 Å². The maximum atomic E-state index is 10.00. The predicted molar refractivity (Wildman–Crippen MR) is 104 cm³/mol. The second kappa shape index (κ2) is 11.1. The molecule has 1 aromatic rings. The minimum atomic E-state index is 0. The van der Waals surface area contributed by atoms with Crippen molar-refractivity contribution in [3.05, 3.63) is 23.8 Å². The topological polar surface area (TPSA) is 54.0 Å². The molecule has 3 rings (SSSR count). The number of phenolic OH excluding ortho intramolecular Hbond substituents is 1. The molecule has 2 saturated heterocycles. The fourth-order valence-corrected chi connectivity index (χ4v) is 3.76. The molecule has 0 aromatic heterocycles. The van der Waals surface area contributed by atoms with E-state index in [2.05, 4.69) is 16.3 Å². The SMILES string of the molecule is CCOc1cc([C@@H](C2CCOCC2)N2CCNCC2)ccc1O.Cl.Cl. The van der Waals surface area contributed by atoms with Crippen LogP contribution in [0.3, 0.4) is 0 Å². The smallest absolute Gasteiger partial charge is 0.161 e. The number of benzene rings is 1. The van der Waals surface area contributed by atoms with E-state index in [0.717, 1.165) is 52.2 Å². The molecule has 1 aromatic carbocycles. The number of aromatic hydroxyl groups is 1. The van der Waals surface area contributed by atoms with Crippen LogP contribution in [0, 0.1) is 5.92 Å². The van der Waals surface area contributed by atoms with Gasteiger partial charge in [0.2, 0.25) is 0 Å². The molecule has 7 heteroatoms. The summed E-state index contributed by atoms with van der Waals surface area (Å²) in [4.78, 5) is 2.58. The van der Waals surface area contributed by atoms with Gasteiger partial charge in [-0.05, 0) is 43.4 Å². The van der Waals surface area contributed by atoms with Crippen LogP contribution in [0.15, 0.2) is 18.2 Å². The van der Waals surface area contributed by atoms with Crippen molar-refractivity contribution in [2.24, 2.45) is 5.92 Å². The molecule has 5 nitrogen and oxygen atoms in total. The Balaban J connectivity index is 0.00000156. The van der Waals surface area contributed by atoms with E-state index in [1.165, 1.54) is 5.56 Å². The Morgan fingerprint density at radius 1 is 1.24 bits per heavy atom. The summed E-state index contributed by atoms with van der Waals surface area (Å²) in [5.74, 6) is 1.42. The van der Waals surface area contributed by atoms with E-state index in [9.17, 15) is 5.11 Å². The fraction of sp³-hybridized carbons (Fsp3) is 0.667. The highest BCUT2D eigenvalue weighted by Crippen LogP contribution is 2.38. The average molecular weight is 393 g/mol. The summed E-state index contributed by atoms with van der Waals surface area (Å²) < 4.78 is 11.2. The van der Waals surface area contributed by atoms with E-state index in [1.54, 1.807) is 6.07 Å². The maximum absolute atomic E-state index is 10.00. The lowest BCUT2D eigenvalue weighted by atomic mass is 9.85. The summed E-state index contributed by atoms with van der Waals surface area (Å²) in [6, 6.07) is 6.23. The Morgan fingerprint density at radius 3 is 2.56 bits per heavy atom. The zero-order valence-electron chi connectivity index (χ0n) is 14.8. The molecule has 144 valence electrons. The highest BCUT2D eigenvalue weighted by Gasteiger charge is 2.31. The number of hydrogen-bond donors (Lipinski definition) is 2. The first kappa shape index (κ1) is 22.3. The summed E-state index contributed by atoms with van der Waals surface area (Å²) in [6.45, 7) is 8.41. The lowest BCUT2D eigenvalue weighted by molar-refractivity contribution is 0.0212. The van der Waals surface area contributed by atoms with Crippen molar-refractivity contribution < 1.29 is 14.6 Å². The number of rotatable bonds is 5. The first-order chi connectivity index (χ1) is 11.3. The summed E-state index contributed by atoms with van der Waals surface area (Å²) in [5.41, 5.74) is 1.25. The van der Waals surface area contributed by atoms with E-state index < -0.39 is 0 Å². The Labute approximate surface area is 162 Å². The van der Waals surface area contributed by atoms with Gasteiger partial charge in [0.15, 0.2) is 11.5 Å². The number of hydrogen-bond acceptors (Lipinski definition) is 5. The van der Waals surface area contributed by atoms with E-state index >= 15 is 0 Å². The molecule has 2 aliphatic heterocycles. The van der Waals surface area contributed by atoms with Crippen LogP contribution in [0.4, 0.5) is 0 Å². The van der Waals surface area contributed by atoms with Gasteiger partial charge in [-0.15, -0.1) is 24.8 Å². The Kier molecular flexibility index (Phi) is 9.90. The van der Waals surface area contributed by atoms with Gasteiger partial charge in [0.05, 0.1) is 6.61 Å². The van der Waals surface area contributed by atoms with E-state index in [-0.39, 0.29) is 30.6 Å². The number of nitrogens with one attached hydrogen (secondary N) is 1. The van der Waals surface area contributed by atoms with Crippen LogP contribution in [0.2, 0.25) is 0 Å². The normalized spacial score (nSPS) is 20.2. The van der Waals surface area contributed by atoms with Gasteiger partial charge < -0.3 is 19.9 Å². The first-order valence-electron chi connectivity index (χ1n) is 8.78. The van der Waals surface area contributed by atoms with Crippen molar-refractivity contribution in [1.29, 1.82) is 0 Å². The van der Waals surface area contributed by atoms with Crippen LogP contribution in [0.25, 0.3) is 0 Å². The maximum Gasteiger partial charge on any atom is 0.161 e. The van der Waals surface area contributed by atoms with Gasteiger partial charge in [0.25, 0.3) is 0 Å². The van der Waals surface area contributed by atoms with Crippen LogP contribution >= 0.6 is 24.8 Å². The lowest BCUT2D eigenvalue weighted by Crippen LogP contribution is -2.47. The van der Waals surface area contributed by atoms with Crippen molar-refractivity contribution in [2.75, 3.05) is 46.0 Å². The zero-order chi connectivity index (χ0) is 16.1. The van der Waals surface area contributed by atoms with Crippen molar-refractivity contribution in [2.45, 2.75) is 25.8 Å². The summed E-state index contributed by atoms with van der Waals surface area (Å²) in [6.07, 6.45) is 2.19. The predicted octanol–water partition coefficient (Wildman–Crippen LogP) is 3.01. The molecule has 2 heterocycles. The Bertz CT molecular complexity index is 489. The quantitative estimate of drug-likeness (QED) is 0.806. The summed E-state index contributed by atoms with van der Waals surface area (Å²) in [7, 11) is 0. The van der Waals surface area contributed by atoms with Crippen molar-refractivity contribution in [3.63, 3.8) is 0 Å². The molecule has 0 aliphatic carbocycles. The molecular formula is C18H30Cl2N2O3. The number of halogens is 2. The number of piperazine rings is 1. The van der Waals surface area contributed by atoms with Crippen LogP contribution in [0.1, 0.15) is 31.4 Å². The molecule has 0 saturated carbocycles. The van der Waals surface area contributed by atoms with Crippen molar-refractivity contribution in [3.8, 4) is 11.5 Å². The highest BCUT2D eigenvalue weighted by molar-refractivity contribution is 5.85. The van der Waals surface area contributed by atoms with Gasteiger partial charge in [-0.25, -0.2) is 0 Å². The number of nitrogens with zero attached hydrogens (tertiary/aromatic N) is 1. The molecule has 25 heavy (non-hydrogen) atoms. The van der Waals surface area contributed by atoms with Gasteiger partial charge in [0, 0.05) is 45.4 Å². The molecule has 2 aliphatic rings. The number of phenols is 1. The molecule has 0 amide bonds. The standard InChI is InChI=1S/C18H28N2O3.2ClH/c1-2-23-17-13-15(3-4-16(17)21)18(14-5-11-22-12-6-14)20-9-7-19-8-10-20;;/h3-4,13-14,18-19,21H,2,5-12H2,1H3;2*1H/t18-;;/m1../s1. The third kappa shape index (κ3) is 5.63. The molecular weight excluding hydrogens is 363 g/mol. The third-order valence-electron chi connectivity index (χ3n) is 4.88. The third-order valence-corrected chi connectivity index (χ3v) is 4.88. The zero-order valence-corrected chi connectivity index (χ0v) is 16.4. The lowest BCUT2D eigenvalue weighted by Gasteiger charge is -2.41. The second-order valence-corrected chi connectivity index (χ2v) is 6.34. The van der Waals surface area contributed by atoms with Gasteiger partial charge >= 0.3 is 0 Å². The van der Waals surface area contributed by atoms with E-state index in [4.69, 9.17) is 9.47 Å². The minimum Gasteiger partial charge on any atom is -0.504 e. The molecule has 1 atom stereocenters. The largest absolute Gasteiger partial charge is 0.504 e. The molecule has 0 radical (unpaired) electrons. The molecule has 0 unspecified atom stereocenters. The number of ether oxygens (including phenoxy) is 2. The fourth-order valence-electron chi connectivity index (χ4n) is 3.76. The molecule has 0 bridgehead atoms. The van der Waals surface area contributed by atoms with Crippen molar-refractivity contribution in [1.82, 2.24) is 10.2 Å². The Hall–Kier alpha value is -0.720. The minimum absolute atomic E-state index is 0. The Morgan fingerprint density at radius 2 is 1.92 bits per heavy atom. The molecule has 2 fully saturated rings. The van der Waals surface area contributed by atoms with Gasteiger partial charge in [-0.2, -0.15) is 0 Å². The first-order valence-corrected chi connectivity index (χ1v) is 8.78. The summed E-state index contributed by atoms with van der Waals surface area (Å²) >= 11 is 0. The van der Waals surface area contributed by atoms with Gasteiger partial charge in [-0.1, -0.05) is 6.07 Å². The molecule has 0 spiro atoms. The van der Waals surface area contributed by atoms with Crippen LogP contribution in [-0.2, 0) is 4.74 Å². The van der Waals surface area contributed by atoms with E-state index in [1.807, 2.05) is 13.0 Å². The average Bonchev–Trinajstić information content (AvgIpc) is 2.60. The summed E-state index contributed by atoms with van der Waals surface area (Å²) in [5, 5.41) is 13.4. The monoisotopic (exact) mass is 392 g/mol. The van der Waals surface area contributed by atoms with Crippen LogP contribution in [0.5, 0.6) is 11.5 Å². The van der Waals surface area contributed by atoms with Crippen LogP contribution < -0.4 is 10.1 Å². The van der Waals surface area contributed by atoms with E-state index in [0.29, 0.717) is 24.3 Å². The molecule has 2 N–H and O–H groups in total. The van der Waals surface area contributed by atoms with Gasteiger partial charge in [0.1, 0.15) is 0 Å². The van der Waals surface area contributed by atoms with Crippen LogP contribution in [-0.4, -0.2) is 56.0 Å². The van der Waals surface area contributed by atoms with Gasteiger partial charge in [-0.3, -0.25) is 4.90 Å².